The molecule has 1 aliphatic heterocycles. The van der Waals surface area contributed by atoms with Crippen molar-refractivity contribution in [1.82, 2.24) is 15.1 Å². The topological polar surface area (TPSA) is 78.7 Å². The van der Waals surface area contributed by atoms with Crippen molar-refractivity contribution in [2.75, 3.05) is 32.7 Å². The van der Waals surface area contributed by atoms with Crippen LogP contribution in [0.2, 0.25) is 0 Å². The maximum atomic E-state index is 11.9. The van der Waals surface area contributed by atoms with E-state index in [0.717, 1.165) is 38.2 Å². The first-order valence-corrected chi connectivity index (χ1v) is 8.45. The van der Waals surface area contributed by atoms with Crippen LogP contribution in [-0.2, 0) is 11.3 Å². The summed E-state index contributed by atoms with van der Waals surface area (Å²) in [5.41, 5.74) is 1.08. The average molecular weight is 334 g/mol. The average Bonchev–Trinajstić information content (AvgIpc) is 2.56. The lowest BCUT2D eigenvalue weighted by atomic mass is 10.1. The Kier molecular flexibility index (Phi) is 6.69. The summed E-state index contributed by atoms with van der Waals surface area (Å²) in [5.74, 6) is 0.0801. The highest BCUT2D eigenvalue weighted by molar-refractivity contribution is 5.78. The molecule has 1 amide bonds. The van der Waals surface area contributed by atoms with Crippen molar-refractivity contribution in [3.63, 3.8) is 0 Å². The van der Waals surface area contributed by atoms with Crippen molar-refractivity contribution in [1.29, 1.82) is 0 Å². The second-order valence-corrected chi connectivity index (χ2v) is 6.36. The first-order chi connectivity index (χ1) is 11.5. The van der Waals surface area contributed by atoms with Gasteiger partial charge in [0.15, 0.2) is 0 Å². The van der Waals surface area contributed by atoms with Gasteiger partial charge in [-0.25, -0.2) is 0 Å². The Balaban J connectivity index is 1.77. The fraction of sp³-hybridized carbons (Fsp3) is 0.588. The normalized spacial score (nSPS) is 17.4. The summed E-state index contributed by atoms with van der Waals surface area (Å²) in [6, 6.07) is 7.00. The molecule has 24 heavy (non-hydrogen) atoms. The molecule has 1 aliphatic rings. The van der Waals surface area contributed by atoms with Gasteiger partial charge < -0.3 is 5.32 Å². The number of hydrogen-bond acceptors (Lipinski definition) is 5. The predicted octanol–water partition coefficient (Wildman–Crippen LogP) is 1.63. The summed E-state index contributed by atoms with van der Waals surface area (Å²) in [7, 11) is 0. The second kappa shape index (κ2) is 8.75. The van der Waals surface area contributed by atoms with Crippen molar-refractivity contribution in [2.45, 2.75) is 32.9 Å². The lowest BCUT2D eigenvalue weighted by molar-refractivity contribution is -0.384. The molecular weight excluding hydrogens is 308 g/mol. The molecule has 1 fully saturated rings. The maximum Gasteiger partial charge on any atom is 0.269 e. The van der Waals surface area contributed by atoms with Crippen LogP contribution >= 0.6 is 0 Å². The molecule has 1 N–H and O–H groups in total. The lowest BCUT2D eigenvalue weighted by Gasteiger charge is -2.34. The Bertz CT molecular complexity index is 571. The first kappa shape index (κ1) is 18.4. The third kappa shape index (κ3) is 5.58. The molecule has 1 heterocycles. The monoisotopic (exact) mass is 334 g/mol. The molecule has 1 atom stereocenters. The van der Waals surface area contributed by atoms with Gasteiger partial charge >= 0.3 is 0 Å². The number of hydrogen-bond donors (Lipinski definition) is 1. The van der Waals surface area contributed by atoms with Crippen LogP contribution in [0.15, 0.2) is 24.3 Å². The van der Waals surface area contributed by atoms with Gasteiger partial charge in [0.05, 0.1) is 11.5 Å². The summed E-state index contributed by atoms with van der Waals surface area (Å²) < 4.78 is 0. The Morgan fingerprint density at radius 1 is 1.29 bits per heavy atom. The van der Waals surface area contributed by atoms with Gasteiger partial charge in [-0.15, -0.1) is 0 Å². The van der Waals surface area contributed by atoms with Gasteiger partial charge in [-0.1, -0.05) is 19.1 Å². The molecule has 0 bridgehead atoms. The predicted molar refractivity (Wildman–Crippen MR) is 92.7 cm³/mol. The van der Waals surface area contributed by atoms with Crippen molar-refractivity contribution in [3.05, 3.63) is 39.9 Å². The number of carbonyl (C=O) groups is 1. The van der Waals surface area contributed by atoms with Gasteiger partial charge in [0, 0.05) is 50.9 Å². The number of non-ortho nitro benzene ring substituents is 1. The first-order valence-electron chi connectivity index (χ1n) is 8.45. The molecule has 0 saturated carbocycles. The van der Waals surface area contributed by atoms with E-state index < -0.39 is 0 Å². The number of nitro benzene ring substituents is 1. The minimum absolute atomic E-state index is 0.0801. The minimum Gasteiger partial charge on any atom is -0.353 e. The van der Waals surface area contributed by atoms with Gasteiger partial charge in [0.1, 0.15) is 0 Å². The van der Waals surface area contributed by atoms with E-state index in [-0.39, 0.29) is 22.6 Å². The van der Waals surface area contributed by atoms with Crippen LogP contribution in [0.3, 0.4) is 0 Å². The maximum absolute atomic E-state index is 11.9. The smallest absolute Gasteiger partial charge is 0.269 e. The number of piperazine rings is 1. The highest BCUT2D eigenvalue weighted by Crippen LogP contribution is 2.15. The van der Waals surface area contributed by atoms with E-state index >= 15 is 0 Å². The fourth-order valence-electron chi connectivity index (χ4n) is 2.76. The molecule has 1 unspecified atom stereocenters. The van der Waals surface area contributed by atoms with E-state index in [0.29, 0.717) is 13.1 Å². The molecule has 1 saturated heterocycles. The molecule has 7 nitrogen and oxygen atoms in total. The molecule has 0 aliphatic carbocycles. The molecule has 1 aromatic rings. The highest BCUT2D eigenvalue weighted by Gasteiger charge is 2.20. The summed E-state index contributed by atoms with van der Waals surface area (Å²) in [5, 5.41) is 13.8. The van der Waals surface area contributed by atoms with E-state index in [9.17, 15) is 14.9 Å². The molecule has 0 spiro atoms. The van der Waals surface area contributed by atoms with E-state index in [4.69, 9.17) is 0 Å². The largest absolute Gasteiger partial charge is 0.353 e. The Morgan fingerprint density at radius 3 is 2.58 bits per heavy atom. The van der Waals surface area contributed by atoms with Crippen LogP contribution in [0, 0.1) is 10.1 Å². The van der Waals surface area contributed by atoms with E-state index in [1.54, 1.807) is 12.1 Å². The van der Waals surface area contributed by atoms with Crippen molar-refractivity contribution in [2.24, 2.45) is 0 Å². The van der Waals surface area contributed by atoms with Gasteiger partial charge in [0.2, 0.25) is 5.91 Å². The molecule has 0 aromatic heterocycles. The van der Waals surface area contributed by atoms with Crippen LogP contribution in [0.5, 0.6) is 0 Å². The number of nitrogens with zero attached hydrogens (tertiary/aromatic N) is 3. The van der Waals surface area contributed by atoms with Gasteiger partial charge in [0.25, 0.3) is 5.69 Å². The summed E-state index contributed by atoms with van der Waals surface area (Å²) in [4.78, 5) is 26.8. The van der Waals surface area contributed by atoms with Crippen molar-refractivity contribution in [3.8, 4) is 0 Å². The molecule has 2 rings (SSSR count). The SMILES string of the molecule is CCC(C)NC(=O)CN1CCN(Cc2cccc([N+](=O)[O-])c2)CC1. The highest BCUT2D eigenvalue weighted by atomic mass is 16.6. The molecule has 7 heteroatoms. The second-order valence-electron chi connectivity index (χ2n) is 6.36. The number of nitro groups is 1. The van der Waals surface area contributed by atoms with E-state index in [1.807, 2.05) is 13.0 Å². The van der Waals surface area contributed by atoms with E-state index in [2.05, 4.69) is 22.0 Å². The Morgan fingerprint density at radius 2 is 1.96 bits per heavy atom. The lowest BCUT2D eigenvalue weighted by Crippen LogP contribution is -2.49. The van der Waals surface area contributed by atoms with Crippen molar-refractivity contribution >= 4 is 11.6 Å². The summed E-state index contributed by atoms with van der Waals surface area (Å²) in [6.07, 6.45) is 0.933. The standard InChI is InChI=1S/C17H26N4O3/c1-3-14(2)18-17(22)13-20-9-7-19(8-10-20)12-15-5-4-6-16(11-15)21(23)24/h4-6,11,14H,3,7-10,12-13H2,1-2H3,(H,18,22). The quantitative estimate of drug-likeness (QED) is 0.606. The number of amides is 1. The van der Waals surface area contributed by atoms with Crippen LogP contribution in [0.4, 0.5) is 5.69 Å². The number of rotatable bonds is 7. The Labute approximate surface area is 142 Å². The van der Waals surface area contributed by atoms with Crippen LogP contribution in [0.25, 0.3) is 0 Å². The zero-order valence-corrected chi connectivity index (χ0v) is 14.4. The van der Waals surface area contributed by atoms with Crippen LogP contribution in [-0.4, -0.2) is 59.4 Å². The Hall–Kier alpha value is -1.99. The molecular formula is C17H26N4O3. The number of nitrogens with one attached hydrogen (secondary N) is 1. The molecule has 132 valence electrons. The van der Waals surface area contributed by atoms with Gasteiger partial charge in [-0.05, 0) is 18.9 Å². The zero-order valence-electron chi connectivity index (χ0n) is 14.4. The number of carbonyl (C=O) groups excluding carboxylic acids is 1. The third-order valence-electron chi connectivity index (χ3n) is 4.38. The molecule has 1 aromatic carbocycles. The number of benzene rings is 1. The van der Waals surface area contributed by atoms with Gasteiger partial charge in [-0.3, -0.25) is 24.7 Å². The third-order valence-corrected chi connectivity index (χ3v) is 4.38. The summed E-state index contributed by atoms with van der Waals surface area (Å²) in [6.45, 7) is 8.60. The van der Waals surface area contributed by atoms with Crippen molar-refractivity contribution < 1.29 is 9.72 Å². The van der Waals surface area contributed by atoms with Crippen LogP contribution < -0.4 is 5.32 Å². The summed E-state index contributed by atoms with van der Waals surface area (Å²) >= 11 is 0. The molecule has 0 radical (unpaired) electrons. The van der Waals surface area contributed by atoms with Gasteiger partial charge in [-0.2, -0.15) is 0 Å². The zero-order chi connectivity index (χ0) is 17.5. The minimum atomic E-state index is -0.364. The fourth-order valence-corrected chi connectivity index (χ4v) is 2.76. The van der Waals surface area contributed by atoms with E-state index in [1.165, 1.54) is 6.07 Å². The van der Waals surface area contributed by atoms with Crippen LogP contribution in [0.1, 0.15) is 25.8 Å².